The quantitative estimate of drug-likeness (QED) is 0.456. The molecule has 1 aliphatic rings. The van der Waals surface area contributed by atoms with Crippen LogP contribution < -0.4 is 0 Å². The molecular formula is C16H26O4. The molecule has 4 heteroatoms. The maximum absolute atomic E-state index is 11.6. The van der Waals surface area contributed by atoms with Crippen LogP contribution in [-0.4, -0.2) is 31.6 Å². The van der Waals surface area contributed by atoms with Gasteiger partial charge in [-0.1, -0.05) is 19.3 Å². The van der Waals surface area contributed by atoms with E-state index < -0.39 is 0 Å². The van der Waals surface area contributed by atoms with E-state index in [1.165, 1.54) is 0 Å². The summed E-state index contributed by atoms with van der Waals surface area (Å²) in [6, 6.07) is 0. The molecule has 1 aliphatic carbocycles. The van der Waals surface area contributed by atoms with Gasteiger partial charge >= 0.3 is 5.97 Å². The van der Waals surface area contributed by atoms with E-state index in [1.807, 2.05) is 13.0 Å². The second-order valence-corrected chi connectivity index (χ2v) is 5.17. The van der Waals surface area contributed by atoms with Crippen molar-refractivity contribution in [1.82, 2.24) is 0 Å². The highest BCUT2D eigenvalue weighted by molar-refractivity contribution is 5.98. The summed E-state index contributed by atoms with van der Waals surface area (Å²) in [6.07, 6.45) is 9.02. The minimum Gasteiger partial charge on any atom is -0.466 e. The second-order valence-electron chi connectivity index (χ2n) is 5.17. The van der Waals surface area contributed by atoms with E-state index >= 15 is 0 Å². The smallest absolute Gasteiger partial charge is 0.305 e. The number of ketones is 1. The number of rotatable bonds is 10. The fraction of sp³-hybridized carbons (Fsp3) is 0.750. The second kappa shape index (κ2) is 9.70. The van der Waals surface area contributed by atoms with Crippen LogP contribution in [0, 0.1) is 0 Å². The Bertz CT molecular complexity index is 346. The lowest BCUT2D eigenvalue weighted by molar-refractivity contribution is -0.143. The summed E-state index contributed by atoms with van der Waals surface area (Å²) < 4.78 is 10.0. The molecule has 0 aliphatic heterocycles. The predicted octanol–water partition coefficient (Wildman–Crippen LogP) is 3.19. The first kappa shape index (κ1) is 16.9. The Balaban J connectivity index is 2.00. The molecular weight excluding hydrogens is 256 g/mol. The van der Waals surface area contributed by atoms with Crippen molar-refractivity contribution in [3.8, 4) is 0 Å². The Labute approximate surface area is 121 Å². The summed E-state index contributed by atoms with van der Waals surface area (Å²) in [5.41, 5.74) is 0.934. The highest BCUT2D eigenvalue weighted by Gasteiger charge is 2.22. The Kier molecular flexibility index (Phi) is 8.19. The minimum absolute atomic E-state index is 0.0120. The first-order chi connectivity index (χ1) is 9.67. The van der Waals surface area contributed by atoms with Crippen molar-refractivity contribution in [2.75, 3.05) is 13.7 Å². The molecule has 0 amide bonds. The Morgan fingerprint density at radius 2 is 1.95 bits per heavy atom. The third-order valence-electron chi connectivity index (χ3n) is 3.57. The number of methoxy groups -OCH3 is 1. The Morgan fingerprint density at radius 1 is 1.25 bits per heavy atom. The third kappa shape index (κ3) is 6.33. The summed E-state index contributed by atoms with van der Waals surface area (Å²) in [5.74, 6) is 0.138. The first-order valence-corrected chi connectivity index (χ1v) is 7.59. The number of ether oxygens (including phenoxy) is 2. The van der Waals surface area contributed by atoms with Gasteiger partial charge in [0.2, 0.25) is 0 Å². The molecule has 0 saturated carbocycles. The SMILES string of the molecule is CCOC(=O)CCCCCCCC1=CC(OC)CC1=O. The normalized spacial score (nSPS) is 18.2. The largest absolute Gasteiger partial charge is 0.466 e. The van der Waals surface area contributed by atoms with Crippen LogP contribution in [0.1, 0.15) is 58.3 Å². The predicted molar refractivity (Wildman–Crippen MR) is 77.5 cm³/mol. The van der Waals surface area contributed by atoms with Gasteiger partial charge in [-0.2, -0.15) is 0 Å². The average Bonchev–Trinajstić information content (AvgIpc) is 2.79. The minimum atomic E-state index is -0.0974. The molecule has 114 valence electrons. The molecule has 0 spiro atoms. The monoisotopic (exact) mass is 282 g/mol. The summed E-state index contributed by atoms with van der Waals surface area (Å²) in [5, 5.41) is 0. The highest BCUT2D eigenvalue weighted by atomic mass is 16.5. The molecule has 0 aromatic carbocycles. The molecule has 0 radical (unpaired) electrons. The van der Waals surface area contributed by atoms with Gasteiger partial charge in [0, 0.05) is 20.0 Å². The van der Waals surface area contributed by atoms with E-state index in [-0.39, 0.29) is 17.9 Å². The van der Waals surface area contributed by atoms with E-state index in [0.717, 1.165) is 44.1 Å². The van der Waals surface area contributed by atoms with Crippen molar-refractivity contribution in [2.24, 2.45) is 0 Å². The van der Waals surface area contributed by atoms with Gasteiger partial charge in [0.15, 0.2) is 5.78 Å². The van der Waals surface area contributed by atoms with E-state index in [2.05, 4.69) is 0 Å². The van der Waals surface area contributed by atoms with Gasteiger partial charge in [0.1, 0.15) is 0 Å². The zero-order valence-electron chi connectivity index (χ0n) is 12.7. The average molecular weight is 282 g/mol. The summed E-state index contributed by atoms with van der Waals surface area (Å²) in [7, 11) is 1.64. The summed E-state index contributed by atoms with van der Waals surface area (Å²) in [6.45, 7) is 2.29. The van der Waals surface area contributed by atoms with Crippen LogP contribution >= 0.6 is 0 Å². The number of hydrogen-bond donors (Lipinski definition) is 0. The number of allylic oxidation sites excluding steroid dienone is 1. The fourth-order valence-electron chi connectivity index (χ4n) is 2.41. The van der Waals surface area contributed by atoms with Crippen LogP contribution in [0.15, 0.2) is 11.6 Å². The topological polar surface area (TPSA) is 52.6 Å². The van der Waals surface area contributed by atoms with Crippen LogP contribution in [0.5, 0.6) is 0 Å². The van der Waals surface area contributed by atoms with E-state index in [4.69, 9.17) is 9.47 Å². The van der Waals surface area contributed by atoms with Gasteiger partial charge in [-0.25, -0.2) is 0 Å². The third-order valence-corrected chi connectivity index (χ3v) is 3.57. The molecule has 0 N–H and O–H groups in total. The summed E-state index contributed by atoms with van der Waals surface area (Å²) in [4.78, 5) is 22.8. The zero-order chi connectivity index (χ0) is 14.8. The van der Waals surface area contributed by atoms with Gasteiger partial charge in [-0.05, 0) is 37.8 Å². The standard InChI is InChI=1S/C16H26O4/c1-3-20-16(18)10-8-6-4-5-7-9-13-11-14(19-2)12-15(13)17/h11,14H,3-10,12H2,1-2H3. The Morgan fingerprint density at radius 3 is 2.60 bits per heavy atom. The molecule has 0 saturated heterocycles. The first-order valence-electron chi connectivity index (χ1n) is 7.59. The van der Waals surface area contributed by atoms with Crippen LogP contribution in [0.3, 0.4) is 0 Å². The zero-order valence-corrected chi connectivity index (χ0v) is 12.7. The molecule has 1 rings (SSSR count). The number of carbonyl (C=O) groups is 2. The van der Waals surface area contributed by atoms with Gasteiger partial charge < -0.3 is 9.47 Å². The van der Waals surface area contributed by atoms with E-state index in [1.54, 1.807) is 7.11 Å². The van der Waals surface area contributed by atoms with Gasteiger partial charge in [-0.15, -0.1) is 0 Å². The van der Waals surface area contributed by atoms with E-state index in [9.17, 15) is 9.59 Å². The molecule has 0 aromatic heterocycles. The number of carbonyl (C=O) groups excluding carboxylic acids is 2. The molecule has 4 nitrogen and oxygen atoms in total. The highest BCUT2D eigenvalue weighted by Crippen LogP contribution is 2.22. The number of esters is 1. The number of Topliss-reactive ketones (excluding diaryl/α,β-unsaturated/α-hetero) is 1. The van der Waals surface area contributed by atoms with Crippen molar-refractivity contribution < 1.29 is 19.1 Å². The lowest BCUT2D eigenvalue weighted by Crippen LogP contribution is -2.05. The molecule has 0 heterocycles. The maximum atomic E-state index is 11.6. The molecule has 0 bridgehead atoms. The van der Waals surface area contributed by atoms with Crippen molar-refractivity contribution in [2.45, 2.75) is 64.4 Å². The van der Waals surface area contributed by atoms with Crippen molar-refractivity contribution in [3.63, 3.8) is 0 Å². The molecule has 1 unspecified atom stereocenters. The number of unbranched alkanes of at least 4 members (excludes halogenated alkanes) is 4. The van der Waals surface area contributed by atoms with Gasteiger partial charge in [0.25, 0.3) is 0 Å². The van der Waals surface area contributed by atoms with Crippen LogP contribution in [0.2, 0.25) is 0 Å². The van der Waals surface area contributed by atoms with Crippen molar-refractivity contribution in [3.05, 3.63) is 11.6 Å². The molecule has 0 aromatic rings. The van der Waals surface area contributed by atoms with Crippen LogP contribution in [-0.2, 0) is 19.1 Å². The van der Waals surface area contributed by atoms with Crippen LogP contribution in [0.25, 0.3) is 0 Å². The van der Waals surface area contributed by atoms with Crippen molar-refractivity contribution >= 4 is 11.8 Å². The lowest BCUT2D eigenvalue weighted by atomic mass is 10.0. The lowest BCUT2D eigenvalue weighted by Gasteiger charge is -2.03. The number of hydrogen-bond acceptors (Lipinski definition) is 4. The van der Waals surface area contributed by atoms with Crippen LogP contribution in [0.4, 0.5) is 0 Å². The summed E-state index contributed by atoms with van der Waals surface area (Å²) >= 11 is 0. The molecule has 1 atom stereocenters. The Hall–Kier alpha value is -1.16. The van der Waals surface area contributed by atoms with Crippen molar-refractivity contribution in [1.29, 1.82) is 0 Å². The van der Waals surface area contributed by atoms with E-state index in [0.29, 0.717) is 19.4 Å². The molecule has 0 fully saturated rings. The van der Waals surface area contributed by atoms with Gasteiger partial charge in [-0.3, -0.25) is 9.59 Å². The fourth-order valence-corrected chi connectivity index (χ4v) is 2.41. The van der Waals surface area contributed by atoms with Gasteiger partial charge in [0.05, 0.1) is 12.7 Å². The maximum Gasteiger partial charge on any atom is 0.305 e. The molecule has 20 heavy (non-hydrogen) atoms.